The summed E-state index contributed by atoms with van der Waals surface area (Å²) >= 11 is 5.90. The van der Waals surface area contributed by atoms with Crippen molar-refractivity contribution in [1.29, 1.82) is 0 Å². The second-order valence-electron chi connectivity index (χ2n) is 3.89. The average molecular weight is 248 g/mol. The second-order valence-corrected chi connectivity index (χ2v) is 4.16. The van der Waals surface area contributed by atoms with Gasteiger partial charge in [0, 0.05) is 18.0 Å². The first kappa shape index (κ1) is 11.9. The van der Waals surface area contributed by atoms with Gasteiger partial charge in [-0.1, -0.05) is 17.7 Å². The lowest BCUT2D eigenvalue weighted by Gasteiger charge is -2.10. The second kappa shape index (κ2) is 5.69. The van der Waals surface area contributed by atoms with Crippen LogP contribution >= 0.6 is 11.6 Å². The number of hydrogen-bond acceptors (Lipinski definition) is 2. The third kappa shape index (κ3) is 3.21. The highest BCUT2D eigenvalue weighted by molar-refractivity contribution is 6.17. The van der Waals surface area contributed by atoms with Crippen molar-refractivity contribution in [3.8, 4) is 5.75 Å². The van der Waals surface area contributed by atoms with E-state index in [1.165, 1.54) is 5.56 Å². The zero-order chi connectivity index (χ0) is 12.1. The number of rotatable bonds is 4. The molecule has 3 heteroatoms. The van der Waals surface area contributed by atoms with Gasteiger partial charge in [0.25, 0.3) is 0 Å². The molecule has 0 saturated carbocycles. The number of ether oxygens (including phenoxy) is 1. The number of benzene rings is 1. The first-order valence-electron chi connectivity index (χ1n) is 5.47. The van der Waals surface area contributed by atoms with Crippen molar-refractivity contribution >= 4 is 11.6 Å². The van der Waals surface area contributed by atoms with E-state index in [1.54, 1.807) is 12.4 Å². The fraction of sp³-hybridized carbons (Fsp3) is 0.214. The van der Waals surface area contributed by atoms with Crippen LogP contribution in [0.4, 0.5) is 0 Å². The lowest BCUT2D eigenvalue weighted by atomic mass is 10.1. The van der Waals surface area contributed by atoms with E-state index in [1.807, 2.05) is 31.2 Å². The molecule has 88 valence electrons. The zero-order valence-electron chi connectivity index (χ0n) is 9.69. The van der Waals surface area contributed by atoms with Gasteiger partial charge in [-0.2, -0.15) is 0 Å². The van der Waals surface area contributed by atoms with Crippen LogP contribution in [0.25, 0.3) is 0 Å². The highest BCUT2D eigenvalue weighted by Gasteiger charge is 2.03. The molecule has 0 N–H and O–H groups in total. The summed E-state index contributed by atoms with van der Waals surface area (Å²) in [6.07, 6.45) is 3.52. The van der Waals surface area contributed by atoms with E-state index in [4.69, 9.17) is 16.3 Å². The minimum absolute atomic E-state index is 0.466. The standard InChI is InChI=1S/C14H14ClNO/c1-11-2-3-14(13(8-11)9-15)17-10-12-4-6-16-7-5-12/h2-8H,9-10H2,1H3. The van der Waals surface area contributed by atoms with Gasteiger partial charge in [0.2, 0.25) is 0 Å². The largest absolute Gasteiger partial charge is 0.489 e. The molecule has 0 saturated heterocycles. The van der Waals surface area contributed by atoms with Crippen LogP contribution in [0.5, 0.6) is 5.75 Å². The summed E-state index contributed by atoms with van der Waals surface area (Å²) in [6, 6.07) is 9.92. The first-order valence-corrected chi connectivity index (χ1v) is 6.00. The molecule has 0 aliphatic carbocycles. The van der Waals surface area contributed by atoms with E-state index in [9.17, 15) is 0 Å². The molecular formula is C14H14ClNO. The summed E-state index contributed by atoms with van der Waals surface area (Å²) < 4.78 is 5.76. The Morgan fingerprint density at radius 1 is 1.18 bits per heavy atom. The maximum absolute atomic E-state index is 5.90. The monoisotopic (exact) mass is 247 g/mol. The quantitative estimate of drug-likeness (QED) is 0.769. The van der Waals surface area contributed by atoms with E-state index in [2.05, 4.69) is 11.1 Å². The van der Waals surface area contributed by atoms with Gasteiger partial charge in [0.15, 0.2) is 0 Å². The molecule has 1 aromatic carbocycles. The van der Waals surface area contributed by atoms with Crippen LogP contribution in [0, 0.1) is 6.92 Å². The fourth-order valence-electron chi connectivity index (χ4n) is 1.59. The van der Waals surface area contributed by atoms with Gasteiger partial charge < -0.3 is 4.74 Å². The van der Waals surface area contributed by atoms with E-state index in [0.29, 0.717) is 12.5 Å². The smallest absolute Gasteiger partial charge is 0.124 e. The molecule has 17 heavy (non-hydrogen) atoms. The Hall–Kier alpha value is -1.54. The molecule has 2 aromatic rings. The van der Waals surface area contributed by atoms with E-state index in [-0.39, 0.29) is 0 Å². The van der Waals surface area contributed by atoms with E-state index in [0.717, 1.165) is 16.9 Å². The van der Waals surface area contributed by atoms with Gasteiger partial charge in [0.1, 0.15) is 12.4 Å². The topological polar surface area (TPSA) is 22.1 Å². The van der Waals surface area contributed by atoms with E-state index < -0.39 is 0 Å². The van der Waals surface area contributed by atoms with Gasteiger partial charge in [-0.05, 0) is 30.7 Å². The average Bonchev–Trinajstić information content (AvgIpc) is 2.38. The molecule has 0 unspecified atom stereocenters. The number of hydrogen-bond donors (Lipinski definition) is 0. The molecule has 1 heterocycles. The van der Waals surface area contributed by atoms with Crippen molar-refractivity contribution in [1.82, 2.24) is 4.98 Å². The van der Waals surface area contributed by atoms with Crippen LogP contribution in [0.3, 0.4) is 0 Å². The number of alkyl halides is 1. The minimum Gasteiger partial charge on any atom is -0.489 e. The molecule has 0 bridgehead atoms. The molecule has 2 rings (SSSR count). The summed E-state index contributed by atoms with van der Waals surface area (Å²) in [6.45, 7) is 2.58. The molecule has 0 aliphatic heterocycles. The minimum atomic E-state index is 0.466. The van der Waals surface area contributed by atoms with Gasteiger partial charge >= 0.3 is 0 Å². The Labute approximate surface area is 106 Å². The summed E-state index contributed by atoms with van der Waals surface area (Å²) in [5.74, 6) is 1.32. The Kier molecular flexibility index (Phi) is 3.99. The molecule has 0 fully saturated rings. The summed E-state index contributed by atoms with van der Waals surface area (Å²) in [7, 11) is 0. The molecule has 0 spiro atoms. The van der Waals surface area contributed by atoms with E-state index >= 15 is 0 Å². The number of nitrogens with zero attached hydrogens (tertiary/aromatic N) is 1. The van der Waals surface area contributed by atoms with Crippen molar-refractivity contribution in [2.45, 2.75) is 19.4 Å². The Balaban J connectivity index is 2.09. The van der Waals surface area contributed by atoms with Crippen LogP contribution in [-0.4, -0.2) is 4.98 Å². The molecule has 0 radical (unpaired) electrons. The fourth-order valence-corrected chi connectivity index (χ4v) is 1.80. The third-order valence-corrected chi connectivity index (χ3v) is 2.79. The normalized spacial score (nSPS) is 10.2. The first-order chi connectivity index (χ1) is 8.29. The molecular weight excluding hydrogens is 234 g/mol. The Morgan fingerprint density at radius 2 is 1.94 bits per heavy atom. The van der Waals surface area contributed by atoms with Crippen LogP contribution in [0.15, 0.2) is 42.7 Å². The number of halogens is 1. The SMILES string of the molecule is Cc1ccc(OCc2ccncc2)c(CCl)c1. The van der Waals surface area contributed by atoms with Crippen molar-refractivity contribution in [2.75, 3.05) is 0 Å². The van der Waals surface area contributed by atoms with Crippen molar-refractivity contribution in [2.24, 2.45) is 0 Å². The number of aromatic nitrogens is 1. The van der Waals surface area contributed by atoms with Crippen LogP contribution in [-0.2, 0) is 12.5 Å². The summed E-state index contributed by atoms with van der Waals surface area (Å²) in [5, 5.41) is 0. The van der Waals surface area contributed by atoms with Crippen LogP contribution in [0.1, 0.15) is 16.7 Å². The van der Waals surface area contributed by atoms with Crippen molar-refractivity contribution in [3.05, 3.63) is 59.4 Å². The number of pyridine rings is 1. The molecule has 0 aliphatic rings. The molecule has 0 amide bonds. The van der Waals surface area contributed by atoms with Gasteiger partial charge in [0.05, 0.1) is 5.88 Å². The van der Waals surface area contributed by atoms with Gasteiger partial charge in [-0.15, -0.1) is 11.6 Å². The predicted octanol–water partition coefficient (Wildman–Crippen LogP) is 3.71. The maximum Gasteiger partial charge on any atom is 0.124 e. The maximum atomic E-state index is 5.90. The molecule has 0 atom stereocenters. The van der Waals surface area contributed by atoms with Crippen molar-refractivity contribution < 1.29 is 4.74 Å². The van der Waals surface area contributed by atoms with Crippen LogP contribution in [0.2, 0.25) is 0 Å². The zero-order valence-corrected chi connectivity index (χ0v) is 10.4. The number of aryl methyl sites for hydroxylation is 1. The van der Waals surface area contributed by atoms with Crippen LogP contribution < -0.4 is 4.74 Å². The highest BCUT2D eigenvalue weighted by atomic mass is 35.5. The lowest BCUT2D eigenvalue weighted by molar-refractivity contribution is 0.303. The molecule has 2 nitrogen and oxygen atoms in total. The Bertz CT molecular complexity index is 485. The highest BCUT2D eigenvalue weighted by Crippen LogP contribution is 2.22. The van der Waals surface area contributed by atoms with Gasteiger partial charge in [-0.25, -0.2) is 0 Å². The lowest BCUT2D eigenvalue weighted by Crippen LogP contribution is -1.98. The summed E-state index contributed by atoms with van der Waals surface area (Å²) in [5.41, 5.74) is 3.32. The summed E-state index contributed by atoms with van der Waals surface area (Å²) in [4.78, 5) is 3.97. The Morgan fingerprint density at radius 3 is 2.65 bits per heavy atom. The van der Waals surface area contributed by atoms with Gasteiger partial charge in [-0.3, -0.25) is 4.98 Å². The third-order valence-electron chi connectivity index (χ3n) is 2.50. The molecule has 1 aromatic heterocycles. The predicted molar refractivity (Wildman–Crippen MR) is 69.3 cm³/mol. The van der Waals surface area contributed by atoms with Crippen molar-refractivity contribution in [3.63, 3.8) is 0 Å².